The first kappa shape index (κ1) is 28.9. The monoisotopic (exact) mass is 450 g/mol. The van der Waals surface area contributed by atoms with Crippen LogP contribution in [0.25, 0.3) is 0 Å². The molecule has 182 valence electrons. The molecule has 28 heteroatoms. The summed E-state index contributed by atoms with van der Waals surface area (Å²) < 4.78 is 0. The van der Waals surface area contributed by atoms with E-state index in [0.29, 0.717) is 0 Å². The Balaban J connectivity index is 2.97. The van der Waals surface area contributed by atoms with Crippen LogP contribution in [0.3, 0.4) is 0 Å². The number of nitrogens with two attached hydrogens (primary N) is 1. The predicted octanol–water partition coefficient (Wildman–Crippen LogP) is -13.4. The molecule has 28 nitrogen and oxygen atoms in total. The normalized spacial score (nSPS) is 11.4. The molecule has 0 unspecified atom stereocenters. The van der Waals surface area contributed by atoms with E-state index in [4.69, 9.17) is 5.84 Å². The summed E-state index contributed by atoms with van der Waals surface area (Å²) >= 11 is 0. The van der Waals surface area contributed by atoms with Gasteiger partial charge in [-0.05, 0) is 0 Å². The molecule has 0 rings (SSSR count). The molecule has 0 aliphatic carbocycles. The second kappa shape index (κ2) is 27.9. The summed E-state index contributed by atoms with van der Waals surface area (Å²) in [4.78, 5) is 0. The third-order valence-electron chi connectivity index (χ3n) is 1.84. The van der Waals surface area contributed by atoms with Crippen LogP contribution in [0, 0.1) is 0 Å². The Kier molecular flexibility index (Phi) is 26.8. The highest BCUT2D eigenvalue weighted by molar-refractivity contribution is 4.21. The number of hydrogen-bond donors (Lipinski definition) is 28. The van der Waals surface area contributed by atoms with E-state index in [0.717, 1.165) is 6.54 Å². The van der Waals surface area contributed by atoms with Crippen LogP contribution in [-0.4, -0.2) is 6.54 Å². The van der Waals surface area contributed by atoms with Crippen LogP contribution < -0.4 is 155 Å². The molecule has 0 fully saturated rings. The largest absolute Gasteiger partial charge is 0.257 e. The van der Waals surface area contributed by atoms with Crippen LogP contribution in [0.15, 0.2) is 0 Å². The van der Waals surface area contributed by atoms with Crippen LogP contribution in [0.2, 0.25) is 0 Å². The lowest BCUT2D eigenvalue weighted by molar-refractivity contribution is 0.185. The van der Waals surface area contributed by atoms with Gasteiger partial charge >= 0.3 is 0 Å². The molecule has 0 saturated carbocycles. The van der Waals surface area contributed by atoms with Crippen LogP contribution in [0.5, 0.6) is 0 Å². The Bertz CT molecular complexity index is 252. The van der Waals surface area contributed by atoms with Crippen molar-refractivity contribution in [1.82, 2.24) is 149 Å². The molecular weight excluding hydrogens is 416 g/mol. The molecule has 0 aromatic heterocycles. The standard InChI is InChI=1S/C2H34N28/c1-2-4-6-8-10-12-14-16-18-20-22-24-26-28-30-29-27-25-23-21-19-17-15-13-11-9-7-5-3/h4-30H,2-3H2,1H3. The number of hydrogen-bond acceptors (Lipinski definition) is 28. The van der Waals surface area contributed by atoms with Crippen LogP contribution in [0.4, 0.5) is 0 Å². The fourth-order valence-electron chi connectivity index (χ4n) is 0.887. The lowest BCUT2D eigenvalue weighted by Crippen LogP contribution is -2.70. The van der Waals surface area contributed by atoms with Gasteiger partial charge < -0.3 is 0 Å². The van der Waals surface area contributed by atoms with Crippen molar-refractivity contribution in [2.75, 3.05) is 6.54 Å². The van der Waals surface area contributed by atoms with Gasteiger partial charge in [0.15, 0.2) is 0 Å². The van der Waals surface area contributed by atoms with Crippen molar-refractivity contribution in [2.45, 2.75) is 6.92 Å². The van der Waals surface area contributed by atoms with Gasteiger partial charge in [0, 0.05) is 6.54 Å². The zero-order valence-electron chi connectivity index (χ0n) is 15.8. The van der Waals surface area contributed by atoms with Crippen molar-refractivity contribution in [1.29, 1.82) is 0 Å². The quantitative estimate of drug-likeness (QED) is 0.0313. The van der Waals surface area contributed by atoms with E-state index in [1.807, 2.05) is 6.92 Å². The molecule has 0 aromatic rings. The van der Waals surface area contributed by atoms with E-state index in [9.17, 15) is 0 Å². The molecule has 30 heavy (non-hydrogen) atoms. The van der Waals surface area contributed by atoms with E-state index in [-0.39, 0.29) is 0 Å². The third-order valence-corrected chi connectivity index (χ3v) is 1.84. The Morgan fingerprint density at radius 2 is 0.533 bits per heavy atom. The smallest absolute Gasteiger partial charge is 0.00850 e. The van der Waals surface area contributed by atoms with Gasteiger partial charge in [-0.2, -0.15) is 144 Å². The van der Waals surface area contributed by atoms with Gasteiger partial charge in [-0.25, -0.2) is 5.43 Å². The highest BCUT2D eigenvalue weighted by atomic mass is 16.0. The van der Waals surface area contributed by atoms with E-state index >= 15 is 0 Å². The molecule has 0 atom stereocenters. The number of nitrogens with one attached hydrogen (secondary N) is 27. The average molecular weight is 450 g/mol. The third kappa shape index (κ3) is 26.9. The van der Waals surface area contributed by atoms with E-state index in [2.05, 4.69) is 149 Å². The van der Waals surface area contributed by atoms with Gasteiger partial charge in [0.05, 0.1) is 0 Å². The maximum atomic E-state index is 4.92. The zero-order chi connectivity index (χ0) is 21.8. The molecule has 0 aliphatic rings. The molecule has 0 amide bonds. The van der Waals surface area contributed by atoms with Crippen molar-refractivity contribution in [3.63, 3.8) is 0 Å². The Labute approximate surface area is 169 Å². The van der Waals surface area contributed by atoms with Crippen molar-refractivity contribution >= 4 is 0 Å². The Morgan fingerprint density at radius 3 is 0.733 bits per heavy atom. The maximum Gasteiger partial charge on any atom is 0.00850 e. The summed E-state index contributed by atoms with van der Waals surface area (Å²) in [6.07, 6.45) is 0. The van der Waals surface area contributed by atoms with Gasteiger partial charge in [0.2, 0.25) is 0 Å². The average Bonchev–Trinajstić information content (AvgIpc) is 2.76. The fourth-order valence-corrected chi connectivity index (χ4v) is 0.887. The lowest BCUT2D eigenvalue weighted by atomic mass is 10.8. The molecule has 0 aromatic carbocycles. The second-order valence-corrected chi connectivity index (χ2v) is 3.80. The van der Waals surface area contributed by atoms with E-state index in [1.165, 1.54) is 0 Å². The van der Waals surface area contributed by atoms with Gasteiger partial charge in [0.25, 0.3) is 0 Å². The molecule has 0 saturated heterocycles. The molecular formula is C2H34N28. The first-order chi connectivity index (χ1) is 14.9. The summed E-state index contributed by atoms with van der Waals surface area (Å²) in [7, 11) is 0. The van der Waals surface area contributed by atoms with Gasteiger partial charge in [-0.1, -0.05) is 6.92 Å². The summed E-state index contributed by atoms with van der Waals surface area (Å²) in [5, 5.41) is 0. The minimum atomic E-state index is 0.762. The highest BCUT2D eigenvalue weighted by Crippen LogP contribution is 1.38. The summed E-state index contributed by atoms with van der Waals surface area (Å²) in [5.41, 5.74) is 67.4. The topological polar surface area (TPSA) is 351 Å². The van der Waals surface area contributed by atoms with Crippen LogP contribution in [0.1, 0.15) is 6.92 Å². The fraction of sp³-hybridized carbons (Fsp3) is 1.00. The summed E-state index contributed by atoms with van der Waals surface area (Å²) in [6, 6.07) is 0. The van der Waals surface area contributed by atoms with Crippen molar-refractivity contribution in [3.8, 4) is 0 Å². The molecule has 29 N–H and O–H groups in total. The maximum absolute atomic E-state index is 4.92. The van der Waals surface area contributed by atoms with Crippen LogP contribution in [-0.2, 0) is 0 Å². The van der Waals surface area contributed by atoms with E-state index < -0.39 is 0 Å². The zero-order valence-corrected chi connectivity index (χ0v) is 15.8. The number of rotatable bonds is 27. The molecule has 0 radical (unpaired) electrons. The Morgan fingerprint density at radius 1 is 0.333 bits per heavy atom. The summed E-state index contributed by atoms with van der Waals surface area (Å²) in [6.45, 7) is 2.70. The van der Waals surface area contributed by atoms with Crippen molar-refractivity contribution < 1.29 is 0 Å². The second-order valence-electron chi connectivity index (χ2n) is 3.80. The Hall–Kier alpha value is -1.12. The molecule has 0 bridgehead atoms. The van der Waals surface area contributed by atoms with Gasteiger partial charge in [-0.15, -0.1) is 0 Å². The van der Waals surface area contributed by atoms with Gasteiger partial charge in [0.1, 0.15) is 0 Å². The molecule has 0 heterocycles. The highest BCUT2D eigenvalue weighted by Gasteiger charge is 1.85. The SMILES string of the molecule is CCNNNNNNNNNNNNNNNNNNNNNNNNNNNN. The van der Waals surface area contributed by atoms with Gasteiger partial charge in [-0.3, -0.25) is 5.84 Å². The predicted molar refractivity (Wildman–Crippen MR) is 99.4 cm³/mol. The molecule has 0 aliphatic heterocycles. The molecule has 0 spiro atoms. The minimum Gasteiger partial charge on any atom is -0.257 e. The number of hydrazine groups is 27. The minimum absolute atomic E-state index is 0.762. The van der Waals surface area contributed by atoms with Crippen molar-refractivity contribution in [3.05, 3.63) is 0 Å². The van der Waals surface area contributed by atoms with E-state index in [1.54, 1.807) is 0 Å². The first-order valence-electron chi connectivity index (χ1n) is 7.85. The van der Waals surface area contributed by atoms with Crippen LogP contribution >= 0.6 is 0 Å². The first-order valence-corrected chi connectivity index (χ1v) is 7.85. The van der Waals surface area contributed by atoms with Crippen molar-refractivity contribution in [2.24, 2.45) is 5.84 Å². The lowest BCUT2D eigenvalue weighted by Gasteiger charge is -2.15. The summed E-state index contributed by atoms with van der Waals surface area (Å²) in [5.74, 6) is 4.92.